The first kappa shape index (κ1) is 17.8. The molecular formula is C12H15ClF2N2O3S. The Hall–Kier alpha value is -1.25. The van der Waals surface area contributed by atoms with Gasteiger partial charge in [-0.1, -0.05) is 25.4 Å². The molecule has 0 heterocycles. The fourth-order valence-corrected chi connectivity index (χ4v) is 3.07. The smallest absolute Gasteiger partial charge is 0.255 e. The van der Waals surface area contributed by atoms with E-state index in [0.29, 0.717) is 12.6 Å². The van der Waals surface area contributed by atoms with Crippen molar-refractivity contribution >= 4 is 27.5 Å². The van der Waals surface area contributed by atoms with E-state index >= 15 is 0 Å². The molecule has 9 heteroatoms. The Morgan fingerprint density at radius 1 is 1.43 bits per heavy atom. The fraction of sp³-hybridized carbons (Fsp3) is 0.417. The summed E-state index contributed by atoms with van der Waals surface area (Å²) in [5.41, 5.74) is -0.456. The van der Waals surface area contributed by atoms with Crippen molar-refractivity contribution < 1.29 is 22.0 Å². The number of sulfonamides is 1. The van der Waals surface area contributed by atoms with Crippen molar-refractivity contribution in [3.05, 3.63) is 28.3 Å². The minimum absolute atomic E-state index is 0.126. The van der Waals surface area contributed by atoms with Crippen LogP contribution in [0.3, 0.4) is 0 Å². The van der Waals surface area contributed by atoms with Gasteiger partial charge in [0.1, 0.15) is 4.90 Å². The number of halogens is 3. The van der Waals surface area contributed by atoms with Crippen LogP contribution in [0.4, 0.5) is 8.78 Å². The number of carbonyl (C=O) groups excluding carboxylic acids is 1. The van der Waals surface area contributed by atoms with Crippen LogP contribution in [-0.4, -0.2) is 32.8 Å². The largest absolute Gasteiger partial charge is 0.341 e. The number of benzene rings is 1. The summed E-state index contributed by atoms with van der Waals surface area (Å²) in [6, 6.07) is 0.561. The van der Waals surface area contributed by atoms with Gasteiger partial charge in [0.05, 0.1) is 10.6 Å². The van der Waals surface area contributed by atoms with Gasteiger partial charge in [0.2, 0.25) is 10.0 Å². The Balaban J connectivity index is 3.46. The molecule has 0 aliphatic rings. The topological polar surface area (TPSA) is 80.5 Å². The number of hydrogen-bond donors (Lipinski definition) is 1. The predicted molar refractivity (Wildman–Crippen MR) is 74.5 cm³/mol. The molecule has 0 bridgehead atoms. The van der Waals surface area contributed by atoms with Crippen molar-refractivity contribution in [2.24, 2.45) is 11.1 Å². The first-order chi connectivity index (χ1) is 9.46. The van der Waals surface area contributed by atoms with E-state index in [2.05, 4.69) is 0 Å². The summed E-state index contributed by atoms with van der Waals surface area (Å²) in [4.78, 5) is 12.2. The third-order valence-corrected chi connectivity index (χ3v) is 4.07. The minimum atomic E-state index is -4.61. The fourth-order valence-electron chi connectivity index (χ4n) is 1.82. The lowest BCUT2D eigenvalue weighted by Gasteiger charge is -2.20. The van der Waals surface area contributed by atoms with E-state index in [4.69, 9.17) is 16.7 Å². The molecule has 0 saturated heterocycles. The predicted octanol–water partition coefficient (Wildman–Crippen LogP) is 1.99. The molecule has 1 rings (SSSR count). The molecule has 0 saturated carbocycles. The summed E-state index contributed by atoms with van der Waals surface area (Å²) in [7, 11) is -3.17. The van der Waals surface area contributed by atoms with Gasteiger partial charge in [-0.2, -0.15) is 0 Å². The van der Waals surface area contributed by atoms with E-state index in [1.807, 2.05) is 13.8 Å². The molecule has 1 aromatic carbocycles. The van der Waals surface area contributed by atoms with Gasteiger partial charge in [0.25, 0.3) is 5.91 Å². The van der Waals surface area contributed by atoms with Crippen LogP contribution in [0.1, 0.15) is 24.2 Å². The summed E-state index contributed by atoms with van der Waals surface area (Å²) < 4.78 is 49.7. The standard InChI is InChI=1S/C12H15ClF2N2O3S/c1-6(2)5-17(3)12(18)7-4-8(14)10(15)11(9(7)13)21(16,19)20/h4,6H,5H2,1-3H3,(H2,16,19,20). The van der Waals surface area contributed by atoms with Gasteiger partial charge < -0.3 is 4.90 Å². The Morgan fingerprint density at radius 2 is 1.95 bits per heavy atom. The second-order valence-corrected chi connectivity index (χ2v) is 6.86. The van der Waals surface area contributed by atoms with E-state index in [-0.39, 0.29) is 5.92 Å². The zero-order chi connectivity index (χ0) is 16.5. The van der Waals surface area contributed by atoms with Crippen LogP contribution in [0.2, 0.25) is 5.02 Å². The molecule has 0 aliphatic carbocycles. The third kappa shape index (κ3) is 3.90. The Morgan fingerprint density at radius 3 is 2.38 bits per heavy atom. The van der Waals surface area contributed by atoms with Gasteiger partial charge in [-0.05, 0) is 12.0 Å². The number of amides is 1. The van der Waals surface area contributed by atoms with E-state index in [1.165, 1.54) is 11.9 Å². The van der Waals surface area contributed by atoms with Crippen molar-refractivity contribution in [3.63, 3.8) is 0 Å². The number of carbonyl (C=O) groups is 1. The monoisotopic (exact) mass is 340 g/mol. The lowest BCUT2D eigenvalue weighted by Crippen LogP contribution is -2.31. The lowest BCUT2D eigenvalue weighted by molar-refractivity contribution is 0.0778. The van der Waals surface area contributed by atoms with Crippen molar-refractivity contribution in [3.8, 4) is 0 Å². The maximum atomic E-state index is 13.6. The maximum Gasteiger partial charge on any atom is 0.255 e. The number of rotatable bonds is 4. The molecule has 5 nitrogen and oxygen atoms in total. The van der Waals surface area contributed by atoms with Gasteiger partial charge in [-0.25, -0.2) is 22.3 Å². The zero-order valence-corrected chi connectivity index (χ0v) is 13.2. The summed E-state index contributed by atoms with van der Waals surface area (Å²) in [5.74, 6) is -3.81. The first-order valence-electron chi connectivity index (χ1n) is 5.92. The molecule has 118 valence electrons. The average Bonchev–Trinajstić information content (AvgIpc) is 2.30. The Bertz CT molecular complexity index is 678. The number of hydrogen-bond acceptors (Lipinski definition) is 3. The second kappa shape index (κ2) is 6.25. The van der Waals surface area contributed by atoms with E-state index in [0.717, 1.165) is 0 Å². The average molecular weight is 341 g/mol. The molecule has 0 unspecified atom stereocenters. The summed E-state index contributed by atoms with van der Waals surface area (Å²) in [5, 5.41) is 4.08. The highest BCUT2D eigenvalue weighted by Gasteiger charge is 2.29. The molecule has 1 amide bonds. The first-order valence-corrected chi connectivity index (χ1v) is 7.85. The number of primary sulfonamides is 1. The molecule has 0 atom stereocenters. The maximum absolute atomic E-state index is 13.6. The molecule has 0 spiro atoms. The molecule has 0 radical (unpaired) electrons. The zero-order valence-electron chi connectivity index (χ0n) is 11.7. The van der Waals surface area contributed by atoms with Gasteiger partial charge in [-0.15, -0.1) is 0 Å². The lowest BCUT2D eigenvalue weighted by atomic mass is 10.1. The molecule has 21 heavy (non-hydrogen) atoms. The highest BCUT2D eigenvalue weighted by atomic mass is 35.5. The molecule has 0 aromatic heterocycles. The van der Waals surface area contributed by atoms with Crippen LogP contribution < -0.4 is 5.14 Å². The number of nitrogens with zero attached hydrogens (tertiary/aromatic N) is 1. The van der Waals surface area contributed by atoms with E-state index in [9.17, 15) is 22.0 Å². The highest BCUT2D eigenvalue weighted by molar-refractivity contribution is 7.89. The Labute approximate surface area is 126 Å². The van der Waals surface area contributed by atoms with E-state index in [1.54, 1.807) is 0 Å². The van der Waals surface area contributed by atoms with Gasteiger partial charge in [0, 0.05) is 13.6 Å². The summed E-state index contributed by atoms with van der Waals surface area (Å²) in [6.07, 6.45) is 0. The van der Waals surface area contributed by atoms with Crippen molar-refractivity contribution in [2.45, 2.75) is 18.7 Å². The van der Waals surface area contributed by atoms with Crippen LogP contribution in [0.15, 0.2) is 11.0 Å². The van der Waals surface area contributed by atoms with Crippen molar-refractivity contribution in [2.75, 3.05) is 13.6 Å². The van der Waals surface area contributed by atoms with Crippen LogP contribution >= 0.6 is 11.6 Å². The minimum Gasteiger partial charge on any atom is -0.341 e. The highest BCUT2D eigenvalue weighted by Crippen LogP contribution is 2.30. The second-order valence-electron chi connectivity index (χ2n) is 4.99. The molecule has 0 fully saturated rings. The van der Waals surface area contributed by atoms with Crippen molar-refractivity contribution in [1.82, 2.24) is 4.90 Å². The molecule has 1 aromatic rings. The van der Waals surface area contributed by atoms with Gasteiger partial charge in [0.15, 0.2) is 11.6 Å². The molecule has 2 N–H and O–H groups in total. The van der Waals surface area contributed by atoms with Crippen LogP contribution in [0, 0.1) is 17.6 Å². The quantitative estimate of drug-likeness (QED) is 0.851. The molecular weight excluding hydrogens is 326 g/mol. The van der Waals surface area contributed by atoms with Gasteiger partial charge >= 0.3 is 0 Å². The SMILES string of the molecule is CC(C)CN(C)C(=O)c1cc(F)c(F)c(S(N)(=O)=O)c1Cl. The number of nitrogens with two attached hydrogens (primary N) is 1. The van der Waals surface area contributed by atoms with Crippen LogP contribution in [-0.2, 0) is 10.0 Å². The Kier molecular flexibility index (Phi) is 5.30. The normalized spacial score (nSPS) is 11.8. The van der Waals surface area contributed by atoms with Gasteiger partial charge in [-0.3, -0.25) is 4.79 Å². The third-order valence-electron chi connectivity index (χ3n) is 2.62. The van der Waals surface area contributed by atoms with Crippen LogP contribution in [0.25, 0.3) is 0 Å². The van der Waals surface area contributed by atoms with Crippen LogP contribution in [0.5, 0.6) is 0 Å². The molecule has 0 aliphatic heterocycles. The summed E-state index contributed by atoms with van der Waals surface area (Å²) >= 11 is 5.73. The summed E-state index contributed by atoms with van der Waals surface area (Å²) in [6.45, 7) is 4.04. The van der Waals surface area contributed by atoms with E-state index < -0.39 is 43.0 Å². The van der Waals surface area contributed by atoms with Crippen molar-refractivity contribution in [1.29, 1.82) is 0 Å².